The van der Waals surface area contributed by atoms with E-state index in [2.05, 4.69) is 0 Å². The van der Waals surface area contributed by atoms with Crippen molar-refractivity contribution in [1.82, 2.24) is 0 Å². The first kappa shape index (κ1) is 6.65. The largest absolute Gasteiger partial charge is 0.462 e. The highest BCUT2D eigenvalue weighted by Crippen LogP contribution is 2.28. The van der Waals surface area contributed by atoms with Crippen LogP contribution in [-0.2, 0) is 4.74 Å². The molecule has 0 spiro atoms. The molecule has 0 atom stereocenters. The second-order valence-corrected chi connectivity index (χ2v) is 2.57. The van der Waals surface area contributed by atoms with Crippen molar-refractivity contribution in [3.8, 4) is 0 Å². The van der Waals surface area contributed by atoms with Gasteiger partial charge in [-0.15, -0.1) is 0 Å². The Morgan fingerprint density at radius 2 is 2.27 bits per heavy atom. The van der Waals surface area contributed by atoms with Crippen LogP contribution in [0, 0.1) is 6.42 Å². The van der Waals surface area contributed by atoms with Gasteiger partial charge in [0.15, 0.2) is 5.83 Å². The zero-order valence-corrected chi connectivity index (χ0v) is 6.01. The number of hydrogen-bond donors (Lipinski definition) is 0. The number of fused-ring (bicyclic) bond motifs is 1. The van der Waals surface area contributed by atoms with E-state index in [0.29, 0.717) is 0 Å². The maximum atomic E-state index is 12.6. The maximum Gasteiger partial charge on any atom is 0.158 e. The van der Waals surface area contributed by atoms with Gasteiger partial charge >= 0.3 is 0 Å². The van der Waals surface area contributed by atoms with Gasteiger partial charge in [-0.1, -0.05) is 0 Å². The molecule has 0 saturated heterocycles. The number of ether oxygens (including phenoxy) is 1. The average Bonchev–Trinajstić information content (AvgIpc) is 2.04. The Morgan fingerprint density at radius 3 is 3.18 bits per heavy atom. The number of allylic oxidation sites excluding steroid dienone is 4. The lowest BCUT2D eigenvalue weighted by atomic mass is 9.99. The highest BCUT2D eigenvalue weighted by Gasteiger charge is 2.15. The summed E-state index contributed by atoms with van der Waals surface area (Å²) in [5, 5.41) is 0. The summed E-state index contributed by atoms with van der Waals surface area (Å²) in [5.74, 6) is 0.480. The summed E-state index contributed by atoms with van der Waals surface area (Å²) < 4.78 is 17.6. The van der Waals surface area contributed by atoms with Gasteiger partial charge in [-0.25, -0.2) is 4.39 Å². The van der Waals surface area contributed by atoms with E-state index >= 15 is 0 Å². The molecule has 2 aliphatic rings. The Morgan fingerprint density at radius 1 is 1.36 bits per heavy atom. The molecule has 2 heteroatoms. The maximum absolute atomic E-state index is 12.6. The summed E-state index contributed by atoms with van der Waals surface area (Å²) in [6, 6.07) is 0. The molecule has 11 heavy (non-hydrogen) atoms. The Kier molecular flexibility index (Phi) is 1.53. The summed E-state index contributed by atoms with van der Waals surface area (Å²) >= 11 is 0. The first-order valence-electron chi connectivity index (χ1n) is 3.64. The fourth-order valence-electron chi connectivity index (χ4n) is 1.22. The highest BCUT2D eigenvalue weighted by molar-refractivity contribution is 5.42. The predicted molar refractivity (Wildman–Crippen MR) is 40.0 cm³/mol. The predicted octanol–water partition coefficient (Wildman–Crippen LogP) is 2.64. The molecule has 0 aromatic heterocycles. The van der Waals surface area contributed by atoms with Crippen LogP contribution in [-0.4, -0.2) is 0 Å². The van der Waals surface area contributed by atoms with Crippen LogP contribution < -0.4 is 0 Å². The van der Waals surface area contributed by atoms with Crippen molar-refractivity contribution in [3.05, 3.63) is 42.0 Å². The molecule has 1 aliphatic heterocycles. The van der Waals surface area contributed by atoms with Crippen LogP contribution in [0.2, 0.25) is 0 Å². The van der Waals surface area contributed by atoms with Crippen LogP contribution in [0.3, 0.4) is 0 Å². The molecule has 1 radical (unpaired) electrons. The third-order valence-corrected chi connectivity index (χ3v) is 1.74. The molecule has 0 unspecified atom stereocenters. The molecule has 57 valence electrons. The van der Waals surface area contributed by atoms with Crippen LogP contribution in [0.5, 0.6) is 0 Å². The Labute approximate surface area is 64.9 Å². The lowest BCUT2D eigenvalue weighted by molar-refractivity contribution is 0.335. The van der Waals surface area contributed by atoms with E-state index < -0.39 is 0 Å². The van der Waals surface area contributed by atoms with Crippen molar-refractivity contribution in [3.63, 3.8) is 0 Å². The molecule has 0 saturated carbocycles. The van der Waals surface area contributed by atoms with Gasteiger partial charge in [0.1, 0.15) is 12.0 Å². The second-order valence-electron chi connectivity index (χ2n) is 2.57. The van der Waals surface area contributed by atoms with Gasteiger partial charge in [0.05, 0.1) is 0 Å². The Bertz CT molecular complexity index is 261. The molecule has 0 N–H and O–H groups in total. The van der Waals surface area contributed by atoms with Crippen molar-refractivity contribution in [2.75, 3.05) is 0 Å². The quantitative estimate of drug-likeness (QED) is 0.517. The third kappa shape index (κ3) is 1.20. The number of hydrogen-bond acceptors (Lipinski definition) is 1. The van der Waals surface area contributed by atoms with E-state index in [9.17, 15) is 4.39 Å². The van der Waals surface area contributed by atoms with E-state index in [1.807, 2.05) is 12.5 Å². The van der Waals surface area contributed by atoms with Gasteiger partial charge in [0.2, 0.25) is 0 Å². The fraction of sp³-hybridized carbons (Fsp3) is 0.222. The minimum atomic E-state index is -0.310. The molecule has 0 amide bonds. The highest BCUT2D eigenvalue weighted by atomic mass is 19.1. The molecule has 1 aliphatic carbocycles. The van der Waals surface area contributed by atoms with Crippen LogP contribution in [0.1, 0.15) is 12.8 Å². The summed E-state index contributed by atoms with van der Waals surface area (Å²) in [6.45, 7) is 0. The molecular weight excluding hydrogens is 143 g/mol. The summed E-state index contributed by atoms with van der Waals surface area (Å²) in [7, 11) is 0. The van der Waals surface area contributed by atoms with Gasteiger partial charge in [0, 0.05) is 5.57 Å². The molecule has 0 bridgehead atoms. The lowest BCUT2D eigenvalue weighted by Gasteiger charge is -2.17. The van der Waals surface area contributed by atoms with Gasteiger partial charge in [-0.3, -0.25) is 0 Å². The third-order valence-electron chi connectivity index (χ3n) is 1.74. The van der Waals surface area contributed by atoms with E-state index in [0.717, 1.165) is 30.4 Å². The topological polar surface area (TPSA) is 9.23 Å². The van der Waals surface area contributed by atoms with Crippen molar-refractivity contribution in [1.29, 1.82) is 0 Å². The fourth-order valence-corrected chi connectivity index (χ4v) is 1.22. The lowest BCUT2D eigenvalue weighted by Crippen LogP contribution is -2.02. The molecular formula is C9H8FO. The first-order chi connectivity index (χ1) is 5.36. The normalized spacial score (nSPS) is 22.5. The zero-order chi connectivity index (χ0) is 7.68. The van der Waals surface area contributed by atoms with Gasteiger partial charge in [0.25, 0.3) is 0 Å². The Balaban J connectivity index is 2.32. The van der Waals surface area contributed by atoms with Gasteiger partial charge < -0.3 is 4.74 Å². The molecule has 1 nitrogen and oxygen atoms in total. The monoisotopic (exact) mass is 151 g/mol. The molecule has 1 heterocycles. The molecule has 0 aromatic rings. The molecule has 0 fully saturated rings. The van der Waals surface area contributed by atoms with Crippen molar-refractivity contribution in [2.24, 2.45) is 0 Å². The number of halogens is 1. The summed E-state index contributed by atoms with van der Waals surface area (Å²) in [4.78, 5) is 0. The Hall–Kier alpha value is -1.05. The van der Waals surface area contributed by atoms with Crippen molar-refractivity contribution in [2.45, 2.75) is 12.8 Å². The SMILES string of the molecule is FC1=COC2=CCC[CH]C2=C1. The van der Waals surface area contributed by atoms with Crippen LogP contribution in [0.4, 0.5) is 4.39 Å². The van der Waals surface area contributed by atoms with Crippen LogP contribution >= 0.6 is 0 Å². The summed E-state index contributed by atoms with van der Waals surface area (Å²) in [5.41, 5.74) is 0.872. The van der Waals surface area contributed by atoms with E-state index in [1.54, 1.807) is 0 Å². The van der Waals surface area contributed by atoms with E-state index in [4.69, 9.17) is 4.74 Å². The smallest absolute Gasteiger partial charge is 0.158 e. The standard InChI is InChI=1S/C9H8FO/c10-8-5-7-3-1-2-4-9(7)11-6-8/h3-6H,1-2H2. The second kappa shape index (κ2) is 2.53. The van der Waals surface area contributed by atoms with E-state index in [-0.39, 0.29) is 5.83 Å². The molecule has 2 rings (SSSR count). The summed E-state index contributed by atoms with van der Waals surface area (Å²) in [6.07, 6.45) is 8.56. The average molecular weight is 151 g/mol. The zero-order valence-electron chi connectivity index (χ0n) is 6.01. The van der Waals surface area contributed by atoms with Crippen LogP contribution in [0.15, 0.2) is 35.6 Å². The minimum Gasteiger partial charge on any atom is -0.462 e. The van der Waals surface area contributed by atoms with E-state index in [1.165, 1.54) is 6.08 Å². The van der Waals surface area contributed by atoms with Crippen LogP contribution in [0.25, 0.3) is 0 Å². The first-order valence-corrected chi connectivity index (χ1v) is 3.64. The number of rotatable bonds is 0. The van der Waals surface area contributed by atoms with Gasteiger partial charge in [-0.05, 0) is 31.4 Å². The minimum absolute atomic E-state index is 0.310. The van der Waals surface area contributed by atoms with Crippen molar-refractivity contribution >= 4 is 0 Å². The van der Waals surface area contributed by atoms with Crippen molar-refractivity contribution < 1.29 is 9.13 Å². The van der Waals surface area contributed by atoms with Gasteiger partial charge in [-0.2, -0.15) is 0 Å². The molecule has 0 aromatic carbocycles.